The Hall–Kier alpha value is -3.43. The van der Waals surface area contributed by atoms with Gasteiger partial charge in [-0.25, -0.2) is 4.98 Å². The Kier molecular flexibility index (Phi) is 7.43. The predicted molar refractivity (Wildman–Crippen MR) is 142 cm³/mol. The van der Waals surface area contributed by atoms with E-state index in [0.717, 1.165) is 41.1 Å². The average Bonchev–Trinajstić information content (AvgIpc) is 3.45. The lowest BCUT2D eigenvalue weighted by Crippen LogP contribution is -2.49. The summed E-state index contributed by atoms with van der Waals surface area (Å²) < 4.78 is 7.30. The Morgan fingerprint density at radius 3 is 2.70 bits per heavy atom. The zero-order chi connectivity index (χ0) is 25.9. The SMILES string of the molecule is COc1ccc(CNC(=O)CC[C@H]2CNC(=O)[C@@H]3[C@@H](CCN3Cc3nc4ccccc4n3C)N2C)cc1. The highest BCUT2D eigenvalue weighted by molar-refractivity contribution is 5.83. The zero-order valence-electron chi connectivity index (χ0n) is 21.8. The molecule has 5 rings (SSSR count). The van der Waals surface area contributed by atoms with E-state index < -0.39 is 0 Å². The van der Waals surface area contributed by atoms with Gasteiger partial charge in [-0.05, 0) is 49.7 Å². The van der Waals surface area contributed by atoms with Gasteiger partial charge in [-0.15, -0.1) is 0 Å². The van der Waals surface area contributed by atoms with Crippen molar-refractivity contribution in [2.45, 2.75) is 50.5 Å². The van der Waals surface area contributed by atoms with Crippen LogP contribution in [-0.2, 0) is 29.7 Å². The number of likely N-dealkylation sites (N-methyl/N-ethyl adjacent to an activating group) is 1. The van der Waals surface area contributed by atoms with E-state index in [4.69, 9.17) is 9.72 Å². The summed E-state index contributed by atoms with van der Waals surface area (Å²) in [5.74, 6) is 1.85. The molecule has 3 heterocycles. The van der Waals surface area contributed by atoms with Crippen molar-refractivity contribution in [1.82, 2.24) is 30.0 Å². The number of hydrogen-bond acceptors (Lipinski definition) is 6. The number of imidazole rings is 1. The summed E-state index contributed by atoms with van der Waals surface area (Å²) in [6.07, 6.45) is 2.03. The van der Waals surface area contributed by atoms with Crippen LogP contribution in [-0.4, -0.2) is 76.5 Å². The molecule has 37 heavy (non-hydrogen) atoms. The second kappa shape index (κ2) is 10.9. The predicted octanol–water partition coefficient (Wildman–Crippen LogP) is 2.05. The molecule has 2 amide bonds. The summed E-state index contributed by atoms with van der Waals surface area (Å²) in [6.45, 7) is 2.51. The largest absolute Gasteiger partial charge is 0.497 e. The van der Waals surface area contributed by atoms with Gasteiger partial charge in [0.05, 0.1) is 24.7 Å². The fourth-order valence-electron chi connectivity index (χ4n) is 5.67. The minimum Gasteiger partial charge on any atom is -0.497 e. The third kappa shape index (κ3) is 5.33. The zero-order valence-corrected chi connectivity index (χ0v) is 21.8. The van der Waals surface area contributed by atoms with E-state index in [9.17, 15) is 9.59 Å². The van der Waals surface area contributed by atoms with Gasteiger partial charge in [-0.2, -0.15) is 0 Å². The van der Waals surface area contributed by atoms with Crippen LogP contribution >= 0.6 is 0 Å². The molecule has 0 aliphatic carbocycles. The number of fused-ring (bicyclic) bond motifs is 2. The summed E-state index contributed by atoms with van der Waals surface area (Å²) in [6, 6.07) is 15.8. The molecule has 2 N–H and O–H groups in total. The molecule has 2 aromatic carbocycles. The van der Waals surface area contributed by atoms with Crippen molar-refractivity contribution in [2.75, 3.05) is 27.2 Å². The first-order valence-corrected chi connectivity index (χ1v) is 13.0. The van der Waals surface area contributed by atoms with Crippen molar-refractivity contribution in [1.29, 1.82) is 0 Å². The first-order valence-electron chi connectivity index (χ1n) is 13.0. The summed E-state index contributed by atoms with van der Waals surface area (Å²) in [4.78, 5) is 35.1. The molecule has 9 nitrogen and oxygen atoms in total. The Labute approximate surface area is 217 Å². The van der Waals surface area contributed by atoms with Crippen LogP contribution in [0.25, 0.3) is 11.0 Å². The van der Waals surface area contributed by atoms with E-state index >= 15 is 0 Å². The summed E-state index contributed by atoms with van der Waals surface area (Å²) in [5, 5.41) is 6.16. The van der Waals surface area contributed by atoms with Crippen molar-refractivity contribution in [3.8, 4) is 5.75 Å². The highest BCUT2D eigenvalue weighted by atomic mass is 16.5. The molecule has 0 spiro atoms. The number of para-hydroxylation sites is 2. The molecule has 0 saturated carbocycles. The number of methoxy groups -OCH3 is 1. The Bertz CT molecular complexity index is 1260. The molecule has 0 unspecified atom stereocenters. The van der Waals surface area contributed by atoms with E-state index in [1.165, 1.54) is 0 Å². The van der Waals surface area contributed by atoms with Gasteiger partial charge in [-0.1, -0.05) is 24.3 Å². The Morgan fingerprint density at radius 1 is 1.16 bits per heavy atom. The second-order valence-corrected chi connectivity index (χ2v) is 10.1. The minimum absolute atomic E-state index is 0.0197. The van der Waals surface area contributed by atoms with E-state index in [0.29, 0.717) is 32.5 Å². The maximum absolute atomic E-state index is 13.2. The Morgan fingerprint density at radius 2 is 1.95 bits per heavy atom. The number of rotatable bonds is 8. The van der Waals surface area contributed by atoms with Gasteiger partial charge >= 0.3 is 0 Å². The number of hydrogen-bond donors (Lipinski definition) is 2. The standard InChI is InChI=1S/C28H36N6O3/c1-32-20(10-13-26(35)29-16-19-8-11-21(37-3)12-9-19)17-30-28(36)27-24(32)14-15-34(27)18-25-31-22-6-4-5-7-23(22)33(25)2/h4-9,11-12,20,24,27H,10,13-18H2,1-3H3,(H,29,35)(H,30,36)/t20-,24+,27-/m0/s1. The molecular weight excluding hydrogens is 468 g/mol. The number of amides is 2. The first kappa shape index (κ1) is 25.2. The molecule has 2 aliphatic heterocycles. The quantitative estimate of drug-likeness (QED) is 0.488. The molecule has 1 aromatic heterocycles. The van der Waals surface area contributed by atoms with Gasteiger partial charge in [0.1, 0.15) is 17.6 Å². The highest BCUT2D eigenvalue weighted by Gasteiger charge is 2.45. The van der Waals surface area contributed by atoms with Crippen LogP contribution in [0.3, 0.4) is 0 Å². The normalized spacial score (nSPS) is 22.5. The lowest BCUT2D eigenvalue weighted by molar-refractivity contribution is -0.126. The van der Waals surface area contributed by atoms with Crippen molar-refractivity contribution in [3.05, 3.63) is 59.9 Å². The molecule has 2 fully saturated rings. The molecule has 0 bridgehead atoms. The van der Waals surface area contributed by atoms with Gasteiger partial charge in [0.15, 0.2) is 0 Å². The highest BCUT2D eigenvalue weighted by Crippen LogP contribution is 2.29. The van der Waals surface area contributed by atoms with Gasteiger partial charge < -0.3 is 19.9 Å². The van der Waals surface area contributed by atoms with Gasteiger partial charge in [0.25, 0.3) is 0 Å². The lowest BCUT2D eigenvalue weighted by atomic mass is 10.0. The van der Waals surface area contributed by atoms with Crippen LogP contribution in [0.15, 0.2) is 48.5 Å². The van der Waals surface area contributed by atoms with Crippen molar-refractivity contribution >= 4 is 22.8 Å². The fraction of sp³-hybridized carbons (Fsp3) is 0.464. The molecule has 2 aliphatic rings. The van der Waals surface area contributed by atoms with Crippen molar-refractivity contribution in [2.24, 2.45) is 7.05 Å². The van der Waals surface area contributed by atoms with E-state index in [2.05, 4.69) is 38.1 Å². The molecule has 9 heteroatoms. The van der Waals surface area contributed by atoms with Crippen LogP contribution in [0, 0.1) is 0 Å². The van der Waals surface area contributed by atoms with Crippen LogP contribution < -0.4 is 15.4 Å². The number of nitrogens with one attached hydrogen (secondary N) is 2. The van der Waals surface area contributed by atoms with Crippen molar-refractivity contribution < 1.29 is 14.3 Å². The van der Waals surface area contributed by atoms with Crippen molar-refractivity contribution in [3.63, 3.8) is 0 Å². The number of likely N-dealkylation sites (tertiary alicyclic amines) is 1. The molecular formula is C28H36N6O3. The van der Waals surface area contributed by atoms with Crippen LogP contribution in [0.4, 0.5) is 0 Å². The second-order valence-electron chi connectivity index (χ2n) is 10.1. The maximum Gasteiger partial charge on any atom is 0.239 e. The molecule has 2 saturated heterocycles. The van der Waals surface area contributed by atoms with Crippen LogP contribution in [0.1, 0.15) is 30.7 Å². The number of aromatic nitrogens is 2. The van der Waals surface area contributed by atoms with Gasteiger partial charge in [-0.3, -0.25) is 19.4 Å². The number of nitrogens with zero attached hydrogens (tertiary/aromatic N) is 4. The first-order chi connectivity index (χ1) is 17.9. The molecule has 196 valence electrons. The summed E-state index contributed by atoms with van der Waals surface area (Å²) in [5.41, 5.74) is 3.10. The van der Waals surface area contributed by atoms with Gasteiger partial charge in [0.2, 0.25) is 11.8 Å². The van der Waals surface area contributed by atoms with E-state index in [1.54, 1.807) is 7.11 Å². The number of aryl methyl sites for hydroxylation is 1. The van der Waals surface area contributed by atoms with Gasteiger partial charge in [0, 0.05) is 45.2 Å². The lowest BCUT2D eigenvalue weighted by Gasteiger charge is -2.33. The average molecular weight is 505 g/mol. The maximum atomic E-state index is 13.2. The summed E-state index contributed by atoms with van der Waals surface area (Å²) in [7, 11) is 5.76. The summed E-state index contributed by atoms with van der Waals surface area (Å²) >= 11 is 0. The third-order valence-electron chi connectivity index (χ3n) is 7.93. The van der Waals surface area contributed by atoms with Crippen LogP contribution in [0.2, 0.25) is 0 Å². The van der Waals surface area contributed by atoms with Crippen LogP contribution in [0.5, 0.6) is 5.75 Å². The van der Waals surface area contributed by atoms with E-state index in [1.807, 2.05) is 49.5 Å². The number of carbonyl (C=O) groups is 2. The topological polar surface area (TPSA) is 91.7 Å². The number of ether oxygens (including phenoxy) is 1. The minimum atomic E-state index is -0.223. The monoisotopic (exact) mass is 504 g/mol. The third-order valence-corrected chi connectivity index (χ3v) is 7.93. The van der Waals surface area contributed by atoms with E-state index in [-0.39, 0.29) is 29.9 Å². The Balaban J connectivity index is 1.18. The molecule has 3 atom stereocenters. The number of carbonyl (C=O) groups excluding carboxylic acids is 2. The fourth-order valence-corrected chi connectivity index (χ4v) is 5.67. The smallest absolute Gasteiger partial charge is 0.239 e. The molecule has 0 radical (unpaired) electrons. The molecule has 3 aromatic rings. The number of benzene rings is 2.